The highest BCUT2D eigenvalue weighted by Crippen LogP contribution is 2.17. The number of guanidine groups is 1. The standard InChI is InChI=1S/C9H8O4.C6H14N4O2/c1-6(10)13-8-5-3-2-4-7(8)9(11)12;7-4(5(11)12)2-1-3-10-6(8)9/h2-5H,1H3,(H,11,12);4H,1-3,7H2,(H,11,12)(H4,8,9,10)/t;4-/m.0/s1. The number of nitrogens with zero attached hydrogens (tertiary/aromatic N) is 1. The van der Waals surface area contributed by atoms with Crippen LogP contribution in [-0.2, 0) is 9.59 Å². The number of carboxylic acid groups (broad SMARTS) is 2. The van der Waals surface area contributed by atoms with Gasteiger partial charge in [0.05, 0.1) is 0 Å². The maximum atomic E-state index is 10.6. The van der Waals surface area contributed by atoms with E-state index in [1.807, 2.05) is 0 Å². The predicted octanol–water partition coefficient (Wildman–Crippen LogP) is -0.238. The Balaban J connectivity index is 0.000000463. The number of carbonyl (C=O) groups excluding carboxylic acids is 1. The normalized spacial score (nSPS) is 10.6. The lowest BCUT2D eigenvalue weighted by atomic mass is 10.2. The third kappa shape index (κ3) is 10.3. The summed E-state index contributed by atoms with van der Waals surface area (Å²) >= 11 is 0. The summed E-state index contributed by atoms with van der Waals surface area (Å²) < 4.78 is 4.69. The molecule has 0 heterocycles. The number of hydrogen-bond donors (Lipinski definition) is 5. The molecule has 0 radical (unpaired) electrons. The van der Waals surface area contributed by atoms with Crippen molar-refractivity contribution >= 4 is 23.9 Å². The number of carbonyl (C=O) groups is 3. The van der Waals surface area contributed by atoms with Gasteiger partial charge in [0, 0.05) is 13.5 Å². The van der Waals surface area contributed by atoms with Crippen LogP contribution in [0.1, 0.15) is 30.1 Å². The second kappa shape index (κ2) is 11.4. The molecule has 1 aromatic carbocycles. The van der Waals surface area contributed by atoms with Crippen LogP contribution in [0.5, 0.6) is 5.75 Å². The van der Waals surface area contributed by atoms with Crippen LogP contribution in [0.3, 0.4) is 0 Å². The van der Waals surface area contributed by atoms with Crippen molar-refractivity contribution in [1.82, 2.24) is 0 Å². The Morgan fingerprint density at radius 1 is 1.20 bits per heavy atom. The lowest BCUT2D eigenvalue weighted by Crippen LogP contribution is -2.30. The number of esters is 1. The SMILES string of the molecule is CC(=O)Oc1ccccc1C(=O)O.NC(N)=NCCC[C@H](N)C(=O)O. The number of hydrogen-bond acceptors (Lipinski definition) is 6. The molecule has 0 aromatic heterocycles. The first-order valence-electron chi connectivity index (χ1n) is 7.19. The highest BCUT2D eigenvalue weighted by atomic mass is 16.5. The number of aromatic carboxylic acids is 1. The first-order valence-corrected chi connectivity index (χ1v) is 7.19. The third-order valence-electron chi connectivity index (χ3n) is 2.66. The topological polar surface area (TPSA) is 191 Å². The zero-order valence-electron chi connectivity index (χ0n) is 13.7. The molecule has 0 aliphatic carbocycles. The van der Waals surface area contributed by atoms with Crippen LogP contribution in [-0.4, -0.2) is 46.7 Å². The number of carboxylic acids is 2. The Bertz CT molecular complexity index is 628. The predicted molar refractivity (Wildman–Crippen MR) is 90.2 cm³/mol. The van der Waals surface area contributed by atoms with Gasteiger partial charge in [0.2, 0.25) is 0 Å². The molecule has 0 aliphatic rings. The van der Waals surface area contributed by atoms with E-state index in [0.29, 0.717) is 19.4 Å². The third-order valence-corrected chi connectivity index (χ3v) is 2.66. The first kappa shape index (κ1) is 21.9. The minimum absolute atomic E-state index is 0.0129. The first-order chi connectivity index (χ1) is 11.6. The van der Waals surface area contributed by atoms with Crippen LogP contribution in [0.2, 0.25) is 0 Å². The van der Waals surface area contributed by atoms with E-state index in [4.69, 9.17) is 27.4 Å². The van der Waals surface area contributed by atoms with Gasteiger partial charge in [0.25, 0.3) is 0 Å². The smallest absolute Gasteiger partial charge is 0.339 e. The molecule has 0 saturated carbocycles. The number of aliphatic imine (C=N–C) groups is 1. The van der Waals surface area contributed by atoms with Gasteiger partial charge in [-0.3, -0.25) is 14.6 Å². The summed E-state index contributed by atoms with van der Waals surface area (Å²) in [5.74, 6) is -2.56. The minimum Gasteiger partial charge on any atom is -0.480 e. The van der Waals surface area contributed by atoms with E-state index in [1.165, 1.54) is 19.1 Å². The second-order valence-electron chi connectivity index (χ2n) is 4.79. The van der Waals surface area contributed by atoms with E-state index in [9.17, 15) is 14.4 Å². The van der Waals surface area contributed by atoms with Crippen molar-refractivity contribution in [2.24, 2.45) is 22.2 Å². The average Bonchev–Trinajstić information content (AvgIpc) is 2.51. The van der Waals surface area contributed by atoms with Crippen LogP contribution in [0.4, 0.5) is 0 Å². The van der Waals surface area contributed by atoms with Gasteiger partial charge in [0.1, 0.15) is 17.4 Å². The molecular formula is C15H22N4O6. The Labute approximate surface area is 144 Å². The molecule has 1 aromatic rings. The molecule has 0 bridgehead atoms. The Kier molecular flexibility index (Phi) is 9.97. The highest BCUT2D eigenvalue weighted by Gasteiger charge is 2.11. The summed E-state index contributed by atoms with van der Waals surface area (Å²) in [6.45, 7) is 1.64. The van der Waals surface area contributed by atoms with Crippen LogP contribution in [0.15, 0.2) is 29.3 Å². The minimum atomic E-state index is -1.11. The molecule has 0 fully saturated rings. The summed E-state index contributed by atoms with van der Waals surface area (Å²) in [6, 6.07) is 5.16. The second-order valence-corrected chi connectivity index (χ2v) is 4.79. The summed E-state index contributed by atoms with van der Waals surface area (Å²) in [4.78, 5) is 35.1. The largest absolute Gasteiger partial charge is 0.480 e. The monoisotopic (exact) mass is 354 g/mol. The fourth-order valence-electron chi connectivity index (χ4n) is 1.53. The van der Waals surface area contributed by atoms with E-state index >= 15 is 0 Å². The fourth-order valence-corrected chi connectivity index (χ4v) is 1.53. The number of ether oxygens (including phenoxy) is 1. The molecule has 0 unspecified atom stereocenters. The highest BCUT2D eigenvalue weighted by molar-refractivity contribution is 5.91. The van der Waals surface area contributed by atoms with Crippen molar-refractivity contribution in [1.29, 1.82) is 0 Å². The van der Waals surface area contributed by atoms with Gasteiger partial charge in [-0.25, -0.2) is 4.79 Å². The van der Waals surface area contributed by atoms with E-state index in [-0.39, 0.29) is 17.3 Å². The molecule has 0 spiro atoms. The van der Waals surface area contributed by atoms with Crippen molar-refractivity contribution in [3.05, 3.63) is 29.8 Å². The average molecular weight is 354 g/mol. The lowest BCUT2D eigenvalue weighted by Gasteiger charge is -2.03. The Hall–Kier alpha value is -3.14. The molecule has 0 saturated heterocycles. The van der Waals surface area contributed by atoms with Crippen LogP contribution < -0.4 is 21.9 Å². The number of rotatable bonds is 7. The van der Waals surface area contributed by atoms with Crippen LogP contribution in [0, 0.1) is 0 Å². The van der Waals surface area contributed by atoms with Crippen LogP contribution in [0.25, 0.3) is 0 Å². The van der Waals surface area contributed by atoms with Crippen molar-refractivity contribution in [2.45, 2.75) is 25.8 Å². The van der Waals surface area contributed by atoms with E-state index in [0.717, 1.165) is 0 Å². The maximum Gasteiger partial charge on any atom is 0.339 e. The van der Waals surface area contributed by atoms with Gasteiger partial charge in [-0.1, -0.05) is 12.1 Å². The number of aliphatic carboxylic acids is 1. The van der Waals surface area contributed by atoms with Crippen molar-refractivity contribution < 1.29 is 29.3 Å². The van der Waals surface area contributed by atoms with Gasteiger partial charge in [0.15, 0.2) is 5.96 Å². The fraction of sp³-hybridized carbons (Fsp3) is 0.333. The molecule has 138 valence electrons. The van der Waals surface area contributed by atoms with Gasteiger partial charge in [-0.2, -0.15) is 0 Å². The maximum absolute atomic E-state index is 10.6. The number of nitrogens with two attached hydrogens (primary N) is 3. The summed E-state index contributed by atoms with van der Waals surface area (Å²) in [5, 5.41) is 17.1. The molecule has 10 heteroatoms. The quantitative estimate of drug-likeness (QED) is 0.144. The summed E-state index contributed by atoms with van der Waals surface area (Å²) in [7, 11) is 0. The molecule has 1 atom stereocenters. The molecule has 8 N–H and O–H groups in total. The van der Waals surface area contributed by atoms with E-state index < -0.39 is 23.9 Å². The summed E-state index contributed by atoms with van der Waals surface area (Å²) in [5.41, 5.74) is 15.3. The van der Waals surface area contributed by atoms with E-state index in [1.54, 1.807) is 12.1 Å². The van der Waals surface area contributed by atoms with Crippen molar-refractivity contribution in [3.8, 4) is 5.75 Å². The van der Waals surface area contributed by atoms with Crippen molar-refractivity contribution in [3.63, 3.8) is 0 Å². The Morgan fingerprint density at radius 3 is 2.28 bits per heavy atom. The van der Waals surface area contributed by atoms with E-state index in [2.05, 4.69) is 9.73 Å². The van der Waals surface area contributed by atoms with Gasteiger partial charge in [-0.05, 0) is 25.0 Å². The molecular weight excluding hydrogens is 332 g/mol. The van der Waals surface area contributed by atoms with Crippen molar-refractivity contribution in [2.75, 3.05) is 6.54 Å². The van der Waals surface area contributed by atoms with Crippen LogP contribution >= 0.6 is 0 Å². The molecule has 25 heavy (non-hydrogen) atoms. The van der Waals surface area contributed by atoms with Gasteiger partial charge in [-0.15, -0.1) is 0 Å². The van der Waals surface area contributed by atoms with Gasteiger partial charge >= 0.3 is 17.9 Å². The Morgan fingerprint density at radius 2 is 1.80 bits per heavy atom. The number of benzene rings is 1. The molecule has 1 rings (SSSR count). The molecule has 0 amide bonds. The molecule has 0 aliphatic heterocycles. The van der Waals surface area contributed by atoms with Gasteiger partial charge < -0.3 is 32.2 Å². The molecule has 10 nitrogen and oxygen atoms in total. The lowest BCUT2D eigenvalue weighted by molar-refractivity contribution is -0.138. The zero-order chi connectivity index (χ0) is 19.4. The number of para-hydroxylation sites is 1. The zero-order valence-corrected chi connectivity index (χ0v) is 13.7. The summed E-state index contributed by atoms with van der Waals surface area (Å²) in [6.07, 6.45) is 0.956.